The van der Waals surface area contributed by atoms with Gasteiger partial charge in [-0.25, -0.2) is 0 Å². The van der Waals surface area contributed by atoms with E-state index in [1.807, 2.05) is 13.8 Å². The van der Waals surface area contributed by atoms with E-state index in [2.05, 4.69) is 26.5 Å². The molecule has 0 unspecified atom stereocenters. The van der Waals surface area contributed by atoms with Crippen LogP contribution in [-0.2, 0) is 14.3 Å². The summed E-state index contributed by atoms with van der Waals surface area (Å²) >= 11 is 0. The molecule has 3 heteroatoms. The third kappa shape index (κ3) is 4.71. The number of ether oxygens (including phenoxy) is 1. The fourth-order valence-electron chi connectivity index (χ4n) is 4.48. The van der Waals surface area contributed by atoms with E-state index < -0.39 is 12.1 Å². The molecule has 0 aromatic rings. The smallest absolute Gasteiger partial charge is 0.303 e. The first kappa shape index (κ1) is 19.7. The number of hydrogen-bond donors (Lipinski definition) is 0. The molecule has 25 heavy (non-hydrogen) atoms. The van der Waals surface area contributed by atoms with Gasteiger partial charge in [0.15, 0.2) is 11.9 Å². The molecule has 138 valence electrons. The van der Waals surface area contributed by atoms with Crippen molar-refractivity contribution >= 4 is 11.8 Å². The van der Waals surface area contributed by atoms with Crippen molar-refractivity contribution in [3.63, 3.8) is 0 Å². The Labute approximate surface area is 152 Å². The molecule has 0 aliphatic heterocycles. The molecular formula is C22H32O3. The van der Waals surface area contributed by atoms with Crippen molar-refractivity contribution in [3.05, 3.63) is 35.5 Å². The van der Waals surface area contributed by atoms with E-state index in [0.29, 0.717) is 11.8 Å². The summed E-state index contributed by atoms with van der Waals surface area (Å²) in [5.74, 6) is 0.992. The average molecular weight is 344 g/mol. The normalized spacial score (nSPS) is 28.3. The molecule has 0 amide bonds. The lowest BCUT2D eigenvalue weighted by Crippen LogP contribution is -2.40. The van der Waals surface area contributed by atoms with Crippen molar-refractivity contribution in [1.29, 1.82) is 0 Å². The van der Waals surface area contributed by atoms with E-state index in [1.165, 1.54) is 18.1 Å². The molecule has 2 aliphatic rings. The van der Waals surface area contributed by atoms with E-state index in [1.54, 1.807) is 6.08 Å². The maximum Gasteiger partial charge on any atom is 0.303 e. The molecular weight excluding hydrogens is 312 g/mol. The van der Waals surface area contributed by atoms with Crippen molar-refractivity contribution < 1.29 is 14.3 Å². The Balaban J connectivity index is 2.31. The van der Waals surface area contributed by atoms with Gasteiger partial charge in [0.2, 0.25) is 0 Å². The Hall–Kier alpha value is -1.64. The number of rotatable bonds is 5. The van der Waals surface area contributed by atoms with Crippen LogP contribution in [0.15, 0.2) is 35.5 Å². The summed E-state index contributed by atoms with van der Waals surface area (Å²) in [7, 11) is 0. The zero-order valence-corrected chi connectivity index (χ0v) is 16.3. The number of esters is 1. The Bertz CT molecular complexity index is 607. The fraction of sp³-hybridized carbons (Fsp3) is 0.636. The summed E-state index contributed by atoms with van der Waals surface area (Å²) in [4.78, 5) is 24.3. The van der Waals surface area contributed by atoms with Gasteiger partial charge in [0, 0.05) is 12.8 Å². The highest BCUT2D eigenvalue weighted by molar-refractivity contribution is 5.95. The maximum absolute atomic E-state index is 12.7. The van der Waals surface area contributed by atoms with Gasteiger partial charge in [-0.15, -0.1) is 0 Å². The monoisotopic (exact) mass is 344 g/mol. The second-order valence-electron chi connectivity index (χ2n) is 8.12. The number of ketones is 1. The number of hydrogen-bond acceptors (Lipinski definition) is 3. The summed E-state index contributed by atoms with van der Waals surface area (Å²) in [5.41, 5.74) is 3.52. The lowest BCUT2D eigenvalue weighted by atomic mass is 9.62. The first-order chi connectivity index (χ1) is 11.7. The predicted molar refractivity (Wildman–Crippen MR) is 101 cm³/mol. The van der Waals surface area contributed by atoms with Crippen molar-refractivity contribution in [2.45, 2.75) is 66.4 Å². The lowest BCUT2D eigenvalue weighted by molar-refractivity contribution is -0.155. The second kappa shape index (κ2) is 8.16. The first-order valence-corrected chi connectivity index (χ1v) is 9.46. The summed E-state index contributed by atoms with van der Waals surface area (Å²) in [6.07, 6.45) is 7.55. The molecule has 0 saturated heterocycles. The average Bonchev–Trinajstić information content (AvgIpc) is 2.51. The molecule has 1 saturated carbocycles. The highest BCUT2D eigenvalue weighted by atomic mass is 16.5. The highest BCUT2D eigenvalue weighted by Crippen LogP contribution is 2.47. The topological polar surface area (TPSA) is 43.4 Å². The van der Waals surface area contributed by atoms with Crippen LogP contribution in [-0.4, -0.2) is 17.9 Å². The van der Waals surface area contributed by atoms with Gasteiger partial charge in [-0.1, -0.05) is 43.2 Å². The van der Waals surface area contributed by atoms with Crippen LogP contribution in [0.3, 0.4) is 0 Å². The van der Waals surface area contributed by atoms with Crippen molar-refractivity contribution in [2.24, 2.45) is 23.7 Å². The minimum atomic E-state index is -0.706. The molecule has 0 spiro atoms. The van der Waals surface area contributed by atoms with Gasteiger partial charge in [0.25, 0.3) is 0 Å². The third-order valence-electron chi connectivity index (χ3n) is 5.74. The molecule has 0 aromatic heterocycles. The molecule has 3 nitrogen and oxygen atoms in total. The van der Waals surface area contributed by atoms with E-state index >= 15 is 0 Å². The molecule has 0 N–H and O–H groups in total. The molecule has 0 radical (unpaired) electrons. The molecule has 1 fully saturated rings. The minimum absolute atomic E-state index is 0.0286. The lowest BCUT2D eigenvalue weighted by Gasteiger charge is -2.43. The summed E-state index contributed by atoms with van der Waals surface area (Å²) in [6, 6.07) is 0. The van der Waals surface area contributed by atoms with Crippen LogP contribution >= 0.6 is 0 Å². The Morgan fingerprint density at radius 1 is 1.24 bits per heavy atom. The number of fused-ring (bicyclic) bond motifs is 1. The van der Waals surface area contributed by atoms with Crippen LogP contribution in [0.2, 0.25) is 0 Å². The van der Waals surface area contributed by atoms with Crippen LogP contribution in [0.1, 0.15) is 60.3 Å². The van der Waals surface area contributed by atoms with Gasteiger partial charge in [-0.3, -0.25) is 9.59 Å². The van der Waals surface area contributed by atoms with Crippen LogP contribution in [0.5, 0.6) is 0 Å². The fourth-order valence-corrected chi connectivity index (χ4v) is 4.48. The number of carbonyl (C=O) groups is 2. The van der Waals surface area contributed by atoms with Gasteiger partial charge in [0.1, 0.15) is 0 Å². The van der Waals surface area contributed by atoms with Gasteiger partial charge in [0.05, 0.1) is 0 Å². The van der Waals surface area contributed by atoms with Gasteiger partial charge < -0.3 is 4.74 Å². The number of carbonyl (C=O) groups excluding carboxylic acids is 2. The summed E-state index contributed by atoms with van der Waals surface area (Å²) in [6.45, 7) is 13.7. The van der Waals surface area contributed by atoms with Gasteiger partial charge in [-0.05, 0) is 63.4 Å². The van der Waals surface area contributed by atoms with Crippen LogP contribution in [0.25, 0.3) is 0 Å². The van der Waals surface area contributed by atoms with Crippen molar-refractivity contribution in [3.8, 4) is 0 Å². The van der Waals surface area contributed by atoms with E-state index in [0.717, 1.165) is 31.3 Å². The van der Waals surface area contributed by atoms with Crippen molar-refractivity contribution in [2.75, 3.05) is 0 Å². The molecule has 0 aromatic carbocycles. The zero-order valence-electron chi connectivity index (χ0n) is 16.3. The predicted octanol–water partition coefficient (Wildman–Crippen LogP) is 5.03. The van der Waals surface area contributed by atoms with Gasteiger partial charge in [-0.2, -0.15) is 0 Å². The van der Waals surface area contributed by atoms with Gasteiger partial charge >= 0.3 is 5.97 Å². The SMILES string of the molecule is C=C1C=C2[C@H]([C@H](C)[C@@H](OC(C)=O)C(=O)C=C(C)C)CC[C@@H](C)[C@@H]2CC1. The van der Waals surface area contributed by atoms with Crippen LogP contribution in [0.4, 0.5) is 0 Å². The second-order valence-corrected chi connectivity index (χ2v) is 8.12. The highest BCUT2D eigenvalue weighted by Gasteiger charge is 2.41. The Morgan fingerprint density at radius 3 is 2.52 bits per heavy atom. The molecule has 5 atom stereocenters. The molecule has 0 heterocycles. The third-order valence-corrected chi connectivity index (χ3v) is 5.74. The summed E-state index contributed by atoms with van der Waals surface area (Å²) < 4.78 is 5.48. The number of allylic oxidation sites excluding steroid dienone is 4. The molecule has 2 aliphatic carbocycles. The standard InChI is InChI=1S/C22H32O3/c1-13(2)11-21(24)22(25-17(6)23)16(5)19-10-8-15(4)18-9-7-14(3)12-20(18)19/h11-12,15-16,18-19,22H,3,7-10H2,1-2,4-6H3/t15-,16+,18+,19+,22-/m1/s1. The van der Waals surface area contributed by atoms with E-state index in [4.69, 9.17) is 4.74 Å². The largest absolute Gasteiger partial charge is 0.454 e. The van der Waals surface area contributed by atoms with Crippen molar-refractivity contribution in [1.82, 2.24) is 0 Å². The van der Waals surface area contributed by atoms with Crippen LogP contribution < -0.4 is 0 Å². The minimum Gasteiger partial charge on any atom is -0.454 e. The Kier molecular flexibility index (Phi) is 6.42. The molecule has 0 bridgehead atoms. The van der Waals surface area contributed by atoms with E-state index in [9.17, 15) is 9.59 Å². The Morgan fingerprint density at radius 2 is 1.92 bits per heavy atom. The first-order valence-electron chi connectivity index (χ1n) is 9.46. The maximum atomic E-state index is 12.7. The van der Waals surface area contributed by atoms with Crippen LogP contribution in [0, 0.1) is 23.7 Å². The zero-order chi connectivity index (χ0) is 18.7. The quantitative estimate of drug-likeness (QED) is 0.519. The summed E-state index contributed by atoms with van der Waals surface area (Å²) in [5, 5.41) is 0. The van der Waals surface area contributed by atoms with E-state index in [-0.39, 0.29) is 17.6 Å². The molecule has 2 rings (SSSR count).